The van der Waals surface area contributed by atoms with E-state index in [0.717, 1.165) is 6.08 Å². The number of nitriles is 1. The molecule has 0 spiro atoms. The third-order valence-electron chi connectivity index (χ3n) is 0.289. The molecule has 0 heterocycles. The van der Waals surface area contributed by atoms with Crippen LogP contribution in [0.2, 0.25) is 0 Å². The molecule has 0 aliphatic rings. The third-order valence-corrected chi connectivity index (χ3v) is 0.648. The predicted molar refractivity (Wildman–Crippen MR) is 33.8 cm³/mol. The molecule has 0 unspecified atom stereocenters. The van der Waals surface area contributed by atoms with Crippen molar-refractivity contribution in [1.29, 1.82) is 5.26 Å². The van der Waals surface area contributed by atoms with Crippen molar-refractivity contribution in [2.75, 3.05) is 0 Å². The van der Waals surface area contributed by atoms with Crippen molar-refractivity contribution in [3.63, 3.8) is 0 Å². The minimum Gasteiger partial charge on any atom is -0.283 e. The number of nitrogens with zero attached hydrogens (tertiary/aromatic N) is 1. The molecule has 0 saturated heterocycles. The summed E-state index contributed by atoms with van der Waals surface area (Å²) in [5, 5.41) is 7.82. The van der Waals surface area contributed by atoms with Gasteiger partial charge in [0.2, 0.25) is 3.79 Å². The molecule has 0 amide bonds. The van der Waals surface area contributed by atoms with Crippen molar-refractivity contribution in [1.82, 2.24) is 0 Å². The number of allylic oxidation sites excluding steroid dienone is 2. The average Bonchev–Trinajstić information content (AvgIpc) is 1.61. The largest absolute Gasteiger partial charge is 0.283 e. The molecule has 7 heavy (non-hydrogen) atoms. The number of hydrogen-bond donors (Lipinski definition) is 0. The number of carbonyl (C=O) groups is 1. The average molecular weight is 207 g/mol. The Bertz CT molecular complexity index is 133. The van der Waals surface area contributed by atoms with E-state index in [1.165, 1.54) is 6.08 Å². The van der Waals surface area contributed by atoms with Gasteiger partial charge in [-0.05, 0) is 0 Å². The second-order valence-electron chi connectivity index (χ2n) is 0.767. The van der Waals surface area contributed by atoms with Gasteiger partial charge in [-0.2, -0.15) is 5.26 Å². The lowest BCUT2D eigenvalue weighted by Crippen LogP contribution is -1.69. The van der Waals surface area contributed by atoms with Crippen LogP contribution in [0, 0.1) is 11.3 Å². The summed E-state index contributed by atoms with van der Waals surface area (Å²) in [6.07, 6.45) is 2.36. The highest BCUT2D eigenvalue weighted by molar-refractivity contribution is 14.1. The van der Waals surface area contributed by atoms with Crippen molar-refractivity contribution in [2.45, 2.75) is 0 Å². The van der Waals surface area contributed by atoms with Crippen molar-refractivity contribution in [3.05, 3.63) is 12.2 Å². The van der Waals surface area contributed by atoms with Gasteiger partial charge in [-0.3, -0.25) is 4.79 Å². The van der Waals surface area contributed by atoms with Gasteiger partial charge in [-0.1, -0.05) is 0 Å². The third kappa shape index (κ3) is 5.63. The zero-order valence-corrected chi connectivity index (χ0v) is 5.55. The van der Waals surface area contributed by atoms with Gasteiger partial charge < -0.3 is 0 Å². The van der Waals surface area contributed by atoms with Crippen molar-refractivity contribution in [3.8, 4) is 6.07 Å². The fraction of sp³-hybridized carbons (Fsp3) is 0. The normalized spacial score (nSPS) is 8.57. The lowest BCUT2D eigenvalue weighted by Gasteiger charge is -1.64. The number of hydrogen-bond acceptors (Lipinski definition) is 2. The molecule has 2 nitrogen and oxygen atoms in total. The number of halogens is 1. The summed E-state index contributed by atoms with van der Waals surface area (Å²) < 4.78 is -0.126. The molecule has 0 atom stereocenters. The van der Waals surface area contributed by atoms with E-state index in [1.54, 1.807) is 28.7 Å². The Kier molecular flexibility index (Phi) is 3.61. The van der Waals surface area contributed by atoms with E-state index in [1.807, 2.05) is 0 Å². The number of rotatable bonds is 1. The SMILES string of the molecule is N#C/C=C\C(=O)I. The van der Waals surface area contributed by atoms with Crippen LogP contribution in [-0.4, -0.2) is 3.79 Å². The lowest BCUT2D eigenvalue weighted by atomic mass is 10.6. The fourth-order valence-electron chi connectivity index (χ4n) is 0.103. The molecule has 0 rings (SSSR count). The Morgan fingerprint density at radius 1 is 1.86 bits per heavy atom. The van der Waals surface area contributed by atoms with Crippen molar-refractivity contribution >= 4 is 26.4 Å². The molecule has 0 N–H and O–H groups in total. The maximum Gasteiger partial charge on any atom is 0.215 e. The smallest absolute Gasteiger partial charge is 0.215 e. The molecule has 0 fully saturated rings. The molecule has 0 saturated carbocycles. The van der Waals surface area contributed by atoms with E-state index in [9.17, 15) is 4.79 Å². The van der Waals surface area contributed by atoms with Crippen LogP contribution in [0.3, 0.4) is 0 Å². The van der Waals surface area contributed by atoms with Gasteiger partial charge in [0.1, 0.15) is 0 Å². The van der Waals surface area contributed by atoms with Crippen LogP contribution in [0.15, 0.2) is 12.2 Å². The van der Waals surface area contributed by atoms with Gasteiger partial charge in [0, 0.05) is 34.7 Å². The zero-order valence-electron chi connectivity index (χ0n) is 3.39. The Morgan fingerprint density at radius 3 is 2.57 bits per heavy atom. The molecule has 0 aromatic rings. The first-order valence-electron chi connectivity index (χ1n) is 1.53. The van der Waals surface area contributed by atoms with Gasteiger partial charge in [0.25, 0.3) is 0 Å². The van der Waals surface area contributed by atoms with Crippen LogP contribution in [0.25, 0.3) is 0 Å². The minimum atomic E-state index is -0.126. The molecule has 0 aromatic carbocycles. The Morgan fingerprint density at radius 2 is 2.43 bits per heavy atom. The first kappa shape index (κ1) is 6.63. The van der Waals surface area contributed by atoms with Crippen LogP contribution in [-0.2, 0) is 4.79 Å². The van der Waals surface area contributed by atoms with Crippen molar-refractivity contribution in [2.24, 2.45) is 0 Å². The van der Waals surface area contributed by atoms with E-state index in [2.05, 4.69) is 0 Å². The van der Waals surface area contributed by atoms with Crippen LogP contribution < -0.4 is 0 Å². The molecule has 36 valence electrons. The Balaban J connectivity index is 3.53. The molecule has 0 radical (unpaired) electrons. The Hall–Kier alpha value is -0.370. The predicted octanol–water partition coefficient (Wildman–Crippen LogP) is 1.03. The second kappa shape index (κ2) is 3.81. The van der Waals surface area contributed by atoms with E-state index in [4.69, 9.17) is 5.26 Å². The highest BCUT2D eigenvalue weighted by Gasteiger charge is 1.78. The molecule has 0 aromatic heterocycles. The molecule has 0 aliphatic carbocycles. The summed E-state index contributed by atoms with van der Waals surface area (Å²) in [6.45, 7) is 0. The molecular weight excluding hydrogens is 205 g/mol. The summed E-state index contributed by atoms with van der Waals surface area (Å²) in [6, 6.07) is 1.69. The van der Waals surface area contributed by atoms with E-state index in [0.29, 0.717) is 0 Å². The van der Waals surface area contributed by atoms with Gasteiger partial charge in [-0.25, -0.2) is 0 Å². The first-order valence-corrected chi connectivity index (χ1v) is 2.61. The van der Waals surface area contributed by atoms with Gasteiger partial charge in [-0.15, -0.1) is 0 Å². The van der Waals surface area contributed by atoms with Crippen molar-refractivity contribution < 1.29 is 4.79 Å². The van der Waals surface area contributed by atoms with Crippen LogP contribution in [0.4, 0.5) is 0 Å². The van der Waals surface area contributed by atoms with E-state index >= 15 is 0 Å². The highest BCUT2D eigenvalue weighted by atomic mass is 127. The maximum atomic E-state index is 9.95. The van der Waals surface area contributed by atoms with Crippen LogP contribution in [0.1, 0.15) is 0 Å². The molecule has 3 heteroatoms. The maximum absolute atomic E-state index is 9.95. The van der Waals surface area contributed by atoms with E-state index < -0.39 is 0 Å². The van der Waals surface area contributed by atoms with E-state index in [-0.39, 0.29) is 3.79 Å². The quantitative estimate of drug-likeness (QED) is 0.279. The van der Waals surface area contributed by atoms with Gasteiger partial charge in [0.15, 0.2) is 0 Å². The molecule has 0 bridgehead atoms. The summed E-state index contributed by atoms with van der Waals surface area (Å²) in [4.78, 5) is 9.95. The topological polar surface area (TPSA) is 40.9 Å². The summed E-state index contributed by atoms with van der Waals surface area (Å²) >= 11 is 1.59. The van der Waals surface area contributed by atoms with Crippen LogP contribution >= 0.6 is 22.6 Å². The zero-order chi connectivity index (χ0) is 5.70. The van der Waals surface area contributed by atoms with Gasteiger partial charge >= 0.3 is 0 Å². The standard InChI is InChI=1S/C4H2INO/c5-4(7)2-1-3-6/h1-2H/b2-1-. The lowest BCUT2D eigenvalue weighted by molar-refractivity contribution is -0.105. The minimum absolute atomic E-state index is 0.126. The summed E-state index contributed by atoms with van der Waals surface area (Å²) in [5.74, 6) is 0. The molecule has 0 aliphatic heterocycles. The summed E-state index contributed by atoms with van der Waals surface area (Å²) in [5.41, 5.74) is 0. The second-order valence-corrected chi connectivity index (χ2v) is 1.83. The fourth-order valence-corrected chi connectivity index (χ4v) is 0.283. The highest BCUT2D eigenvalue weighted by Crippen LogP contribution is 1.84. The summed E-state index contributed by atoms with van der Waals surface area (Å²) in [7, 11) is 0. The number of carbonyl (C=O) groups excluding carboxylic acids is 1. The first-order chi connectivity index (χ1) is 3.27. The van der Waals surface area contributed by atoms with Crippen LogP contribution in [0.5, 0.6) is 0 Å². The Labute approximate surface area is 55.0 Å². The monoisotopic (exact) mass is 207 g/mol. The molecular formula is C4H2INO. The van der Waals surface area contributed by atoms with Gasteiger partial charge in [0.05, 0.1) is 6.07 Å².